The van der Waals surface area contributed by atoms with E-state index in [1.807, 2.05) is 0 Å². The molecule has 0 aromatic rings. The van der Waals surface area contributed by atoms with Crippen LogP contribution < -0.4 is 0 Å². The third kappa shape index (κ3) is 2.09. The number of hydrogen-bond donors (Lipinski definition) is 0. The average Bonchev–Trinajstić information content (AvgIpc) is 2.12. The summed E-state index contributed by atoms with van der Waals surface area (Å²) in [7, 11) is 1.48. The molecule has 4 nitrogen and oxygen atoms in total. The molecule has 1 aliphatic carbocycles. The van der Waals surface area contributed by atoms with E-state index in [2.05, 4.69) is 0 Å². The summed E-state index contributed by atoms with van der Waals surface area (Å²) < 4.78 is 4.74. The molecule has 4 heteroatoms. The van der Waals surface area contributed by atoms with Gasteiger partial charge in [0.2, 0.25) is 11.6 Å². The fraction of sp³-hybridized carbons (Fsp3) is 0.444. The van der Waals surface area contributed by atoms with E-state index in [1.54, 1.807) is 0 Å². The predicted octanol–water partition coefficient (Wildman–Crippen LogP) is -0.0838. The van der Waals surface area contributed by atoms with E-state index in [1.165, 1.54) is 7.11 Å². The Morgan fingerprint density at radius 3 is 2.62 bits per heavy atom. The van der Waals surface area contributed by atoms with Crippen molar-refractivity contribution in [2.45, 2.75) is 6.42 Å². The summed E-state index contributed by atoms with van der Waals surface area (Å²) in [5.74, 6) is -2.34. The van der Waals surface area contributed by atoms with Crippen molar-refractivity contribution in [2.24, 2.45) is 5.92 Å². The molecule has 70 valence electrons. The summed E-state index contributed by atoms with van der Waals surface area (Å²) in [6, 6.07) is 0. The monoisotopic (exact) mass is 182 g/mol. The Kier molecular flexibility index (Phi) is 3.08. The molecule has 0 heterocycles. The molecular weight excluding hydrogens is 172 g/mol. The summed E-state index contributed by atoms with van der Waals surface area (Å²) in [5, 5.41) is 0. The zero-order chi connectivity index (χ0) is 9.84. The van der Waals surface area contributed by atoms with Gasteiger partial charge < -0.3 is 4.74 Å². The number of methoxy groups -OCH3 is 1. The molecular formula is C9H10O4. The predicted molar refractivity (Wildman–Crippen MR) is 44.1 cm³/mol. The molecule has 0 aromatic carbocycles. The van der Waals surface area contributed by atoms with Crippen molar-refractivity contribution in [3.05, 3.63) is 12.2 Å². The number of ether oxygens (including phenoxy) is 1. The van der Waals surface area contributed by atoms with Gasteiger partial charge in [0.15, 0.2) is 5.78 Å². The van der Waals surface area contributed by atoms with E-state index in [4.69, 9.17) is 4.74 Å². The first kappa shape index (κ1) is 9.80. The Morgan fingerprint density at radius 2 is 2.00 bits per heavy atom. The van der Waals surface area contributed by atoms with Gasteiger partial charge in [0.1, 0.15) is 0 Å². The first-order valence-electron chi connectivity index (χ1n) is 3.96. The van der Waals surface area contributed by atoms with Crippen molar-refractivity contribution in [3.63, 3.8) is 0 Å². The topological polar surface area (TPSA) is 60.4 Å². The van der Waals surface area contributed by atoms with E-state index in [9.17, 15) is 14.4 Å². The van der Waals surface area contributed by atoms with Gasteiger partial charge in [-0.1, -0.05) is 0 Å². The third-order valence-corrected chi connectivity index (χ3v) is 1.91. The fourth-order valence-electron chi connectivity index (χ4n) is 1.17. The lowest BCUT2D eigenvalue weighted by Crippen LogP contribution is -2.32. The Bertz CT molecular complexity index is 277. The Morgan fingerprint density at radius 1 is 1.31 bits per heavy atom. The summed E-state index contributed by atoms with van der Waals surface area (Å²) >= 11 is 0. The van der Waals surface area contributed by atoms with E-state index in [0.29, 0.717) is 6.61 Å². The number of ketones is 3. The van der Waals surface area contributed by atoms with Gasteiger partial charge in [0.05, 0.1) is 5.92 Å². The Balaban J connectivity index is 2.71. The SMILES string of the molecule is COCCC1C(=O)C=CC(=O)C1=O. The van der Waals surface area contributed by atoms with Gasteiger partial charge in [0, 0.05) is 13.7 Å². The van der Waals surface area contributed by atoms with E-state index < -0.39 is 17.5 Å². The summed E-state index contributed by atoms with van der Waals surface area (Å²) in [5.41, 5.74) is 0. The summed E-state index contributed by atoms with van der Waals surface area (Å²) in [6.45, 7) is 0.309. The maximum absolute atomic E-state index is 11.2. The minimum atomic E-state index is -0.822. The van der Waals surface area contributed by atoms with Crippen LogP contribution in [0.5, 0.6) is 0 Å². The first-order chi connectivity index (χ1) is 6.16. The molecule has 0 N–H and O–H groups in total. The number of hydrogen-bond acceptors (Lipinski definition) is 4. The van der Waals surface area contributed by atoms with Crippen molar-refractivity contribution in [2.75, 3.05) is 13.7 Å². The highest BCUT2D eigenvalue weighted by Gasteiger charge is 2.31. The molecule has 13 heavy (non-hydrogen) atoms. The molecule has 1 atom stereocenters. The van der Waals surface area contributed by atoms with Gasteiger partial charge in [0.25, 0.3) is 0 Å². The van der Waals surface area contributed by atoms with Gasteiger partial charge in [-0.2, -0.15) is 0 Å². The smallest absolute Gasteiger partial charge is 0.222 e. The van der Waals surface area contributed by atoms with Crippen LogP contribution in [-0.2, 0) is 19.1 Å². The van der Waals surface area contributed by atoms with Crippen molar-refractivity contribution < 1.29 is 19.1 Å². The van der Waals surface area contributed by atoms with Crippen LogP contribution in [0.15, 0.2) is 12.2 Å². The molecule has 1 unspecified atom stereocenters. The molecule has 0 saturated carbocycles. The second-order valence-corrected chi connectivity index (χ2v) is 2.80. The van der Waals surface area contributed by atoms with Crippen LogP contribution in [0.3, 0.4) is 0 Å². The number of carbonyl (C=O) groups excluding carboxylic acids is 3. The highest BCUT2D eigenvalue weighted by Crippen LogP contribution is 2.12. The lowest BCUT2D eigenvalue weighted by molar-refractivity contribution is -0.140. The normalized spacial score (nSPS) is 22.5. The number of Topliss-reactive ketones (excluding diaryl/α,β-unsaturated/α-hetero) is 1. The fourth-order valence-corrected chi connectivity index (χ4v) is 1.17. The van der Waals surface area contributed by atoms with E-state index >= 15 is 0 Å². The van der Waals surface area contributed by atoms with Crippen molar-refractivity contribution in [1.29, 1.82) is 0 Å². The van der Waals surface area contributed by atoms with Crippen LogP contribution >= 0.6 is 0 Å². The number of rotatable bonds is 3. The highest BCUT2D eigenvalue weighted by molar-refractivity contribution is 6.48. The minimum absolute atomic E-state index is 0.282. The summed E-state index contributed by atoms with van der Waals surface area (Å²) in [4.78, 5) is 33.2. The van der Waals surface area contributed by atoms with Gasteiger partial charge in [-0.25, -0.2) is 0 Å². The highest BCUT2D eigenvalue weighted by atomic mass is 16.5. The molecule has 1 rings (SSSR count). The molecule has 0 bridgehead atoms. The van der Waals surface area contributed by atoms with E-state index in [-0.39, 0.29) is 12.2 Å². The van der Waals surface area contributed by atoms with Crippen LogP contribution in [0, 0.1) is 5.92 Å². The zero-order valence-corrected chi connectivity index (χ0v) is 7.28. The first-order valence-corrected chi connectivity index (χ1v) is 3.96. The van der Waals surface area contributed by atoms with Crippen LogP contribution in [0.2, 0.25) is 0 Å². The second-order valence-electron chi connectivity index (χ2n) is 2.80. The van der Waals surface area contributed by atoms with Crippen LogP contribution in [0.4, 0.5) is 0 Å². The molecule has 1 aliphatic rings. The van der Waals surface area contributed by atoms with Crippen molar-refractivity contribution in [3.8, 4) is 0 Å². The van der Waals surface area contributed by atoms with Crippen LogP contribution in [0.25, 0.3) is 0 Å². The minimum Gasteiger partial charge on any atom is -0.385 e. The molecule has 0 fully saturated rings. The lowest BCUT2D eigenvalue weighted by Gasteiger charge is -2.13. The Hall–Kier alpha value is -1.29. The van der Waals surface area contributed by atoms with Gasteiger partial charge in [-0.15, -0.1) is 0 Å². The molecule has 0 saturated heterocycles. The summed E-state index contributed by atoms with van der Waals surface area (Å²) in [6.07, 6.45) is 2.46. The largest absolute Gasteiger partial charge is 0.385 e. The quantitative estimate of drug-likeness (QED) is 0.452. The standard InChI is InChI=1S/C9H10O4/c1-13-5-4-6-7(10)2-3-8(11)9(6)12/h2-3,6H,4-5H2,1H3. The van der Waals surface area contributed by atoms with Crippen LogP contribution in [0.1, 0.15) is 6.42 Å². The van der Waals surface area contributed by atoms with Crippen LogP contribution in [-0.4, -0.2) is 31.1 Å². The van der Waals surface area contributed by atoms with Crippen molar-refractivity contribution in [1.82, 2.24) is 0 Å². The Labute approximate surface area is 75.6 Å². The maximum atomic E-state index is 11.2. The number of allylic oxidation sites excluding steroid dienone is 2. The number of carbonyl (C=O) groups is 3. The third-order valence-electron chi connectivity index (χ3n) is 1.91. The zero-order valence-electron chi connectivity index (χ0n) is 7.28. The van der Waals surface area contributed by atoms with Crippen molar-refractivity contribution >= 4 is 17.3 Å². The van der Waals surface area contributed by atoms with Gasteiger partial charge in [-0.05, 0) is 18.6 Å². The lowest BCUT2D eigenvalue weighted by atomic mass is 9.88. The maximum Gasteiger partial charge on any atom is 0.222 e. The van der Waals surface area contributed by atoms with E-state index in [0.717, 1.165) is 12.2 Å². The molecule has 0 aliphatic heterocycles. The molecule has 0 spiro atoms. The van der Waals surface area contributed by atoms with Gasteiger partial charge >= 0.3 is 0 Å². The molecule has 0 radical (unpaired) electrons. The second kappa shape index (κ2) is 4.09. The molecule has 0 aromatic heterocycles. The average molecular weight is 182 g/mol. The molecule has 0 amide bonds. The van der Waals surface area contributed by atoms with Gasteiger partial charge in [-0.3, -0.25) is 14.4 Å².